The minimum absolute atomic E-state index is 0.366. The van der Waals surface area contributed by atoms with Crippen LogP contribution in [-0.2, 0) is 11.2 Å². The summed E-state index contributed by atoms with van der Waals surface area (Å²) in [5.74, 6) is 5.90. The van der Waals surface area contributed by atoms with Crippen molar-refractivity contribution in [2.45, 2.75) is 6.42 Å². The number of nitrogens with one attached hydrogen (secondary N) is 1. The second-order valence-electron chi connectivity index (χ2n) is 5.15. The molecule has 1 aromatic heterocycles. The van der Waals surface area contributed by atoms with E-state index in [1.165, 1.54) is 16.3 Å². The summed E-state index contributed by atoms with van der Waals surface area (Å²) in [7, 11) is 0. The molecule has 1 heterocycles. The number of carbonyl (C=O) groups excluding carboxylic acids is 1. The lowest BCUT2D eigenvalue weighted by Crippen LogP contribution is -2.09. The fraction of sp³-hybridized carbons (Fsp3) is 0.100. The number of hydrogen-bond acceptors (Lipinski definition) is 2. The molecule has 0 unspecified atom stereocenters. The summed E-state index contributed by atoms with van der Waals surface area (Å²) in [4.78, 5) is 14.7. The fourth-order valence-electron chi connectivity index (χ4n) is 2.46. The van der Waals surface area contributed by atoms with Crippen LogP contribution < -0.4 is 5.32 Å². The highest BCUT2D eigenvalue weighted by molar-refractivity contribution is 5.84. The van der Waals surface area contributed by atoms with Crippen molar-refractivity contribution < 1.29 is 4.79 Å². The Bertz CT molecular complexity index is 868. The first-order valence-corrected chi connectivity index (χ1v) is 7.44. The Balaban J connectivity index is 1.77. The smallest absolute Gasteiger partial charge is 0.207 e. The monoisotopic (exact) mass is 300 g/mol. The highest BCUT2D eigenvalue weighted by atomic mass is 16.1. The Morgan fingerprint density at radius 2 is 1.87 bits per heavy atom. The van der Waals surface area contributed by atoms with Gasteiger partial charge < -0.3 is 5.32 Å². The third-order valence-electron chi connectivity index (χ3n) is 3.59. The van der Waals surface area contributed by atoms with Crippen molar-refractivity contribution in [2.24, 2.45) is 0 Å². The molecule has 0 bridgehead atoms. The summed E-state index contributed by atoms with van der Waals surface area (Å²) < 4.78 is 0. The van der Waals surface area contributed by atoms with Crippen molar-refractivity contribution in [1.29, 1.82) is 0 Å². The number of fused-ring (bicyclic) bond motifs is 1. The molecular weight excluding hydrogens is 284 g/mol. The Hall–Kier alpha value is -3.12. The van der Waals surface area contributed by atoms with Crippen molar-refractivity contribution >= 4 is 17.2 Å². The van der Waals surface area contributed by atoms with Crippen molar-refractivity contribution in [3.63, 3.8) is 0 Å². The molecule has 112 valence electrons. The maximum absolute atomic E-state index is 10.1. The standard InChI is InChI=1S/C20H16N2O/c23-15-21-12-3-4-16-7-9-17(10-8-16)14-20-19-6-2-1-5-18(19)11-13-22-20/h1-2,5-11,13,15H,12,14H2,(H,21,23). The minimum atomic E-state index is 0.366. The SMILES string of the molecule is O=CNCC#Cc1ccc(Cc2nccc3ccccc23)cc1. The van der Waals surface area contributed by atoms with Crippen LogP contribution in [0.15, 0.2) is 60.8 Å². The van der Waals surface area contributed by atoms with Gasteiger partial charge in [-0.15, -0.1) is 0 Å². The van der Waals surface area contributed by atoms with Gasteiger partial charge in [-0.2, -0.15) is 0 Å². The number of pyridine rings is 1. The quantitative estimate of drug-likeness (QED) is 0.457. The molecule has 2 aromatic carbocycles. The molecule has 0 radical (unpaired) electrons. The molecule has 0 atom stereocenters. The average Bonchev–Trinajstić information content (AvgIpc) is 2.60. The number of benzene rings is 2. The summed E-state index contributed by atoms with van der Waals surface area (Å²) in [6.45, 7) is 0.366. The Morgan fingerprint density at radius 3 is 2.70 bits per heavy atom. The number of rotatable bonds is 4. The zero-order valence-corrected chi connectivity index (χ0v) is 12.6. The van der Waals surface area contributed by atoms with Crippen LogP contribution >= 0.6 is 0 Å². The normalized spacial score (nSPS) is 9.91. The predicted molar refractivity (Wildman–Crippen MR) is 91.9 cm³/mol. The first-order chi connectivity index (χ1) is 11.4. The highest BCUT2D eigenvalue weighted by Crippen LogP contribution is 2.19. The van der Waals surface area contributed by atoms with Crippen LogP contribution in [-0.4, -0.2) is 17.9 Å². The van der Waals surface area contributed by atoms with Crippen LogP contribution in [0.2, 0.25) is 0 Å². The van der Waals surface area contributed by atoms with Crippen LogP contribution in [0.25, 0.3) is 10.8 Å². The van der Waals surface area contributed by atoms with Crippen LogP contribution in [0, 0.1) is 11.8 Å². The van der Waals surface area contributed by atoms with Gasteiger partial charge >= 0.3 is 0 Å². The first-order valence-electron chi connectivity index (χ1n) is 7.44. The second-order valence-corrected chi connectivity index (χ2v) is 5.15. The van der Waals surface area contributed by atoms with Crippen molar-refractivity contribution in [2.75, 3.05) is 6.54 Å². The molecule has 3 rings (SSSR count). The summed E-state index contributed by atoms with van der Waals surface area (Å²) in [6.07, 6.45) is 3.30. The second kappa shape index (κ2) is 7.24. The predicted octanol–water partition coefficient (Wildman–Crippen LogP) is 2.92. The molecular formula is C20H16N2O. The molecule has 3 aromatic rings. The lowest BCUT2D eigenvalue weighted by molar-refractivity contribution is -0.109. The molecule has 3 nitrogen and oxygen atoms in total. The molecule has 3 heteroatoms. The molecule has 1 amide bonds. The van der Waals surface area contributed by atoms with E-state index in [4.69, 9.17) is 0 Å². The van der Waals surface area contributed by atoms with E-state index < -0.39 is 0 Å². The number of amides is 1. The maximum atomic E-state index is 10.1. The molecule has 0 fully saturated rings. The van der Waals surface area contributed by atoms with Gasteiger partial charge in [0, 0.05) is 23.6 Å². The van der Waals surface area contributed by atoms with Gasteiger partial charge in [0.05, 0.1) is 12.2 Å². The minimum Gasteiger partial charge on any atom is -0.348 e. The highest BCUT2D eigenvalue weighted by Gasteiger charge is 2.03. The first kappa shape index (κ1) is 14.8. The lowest BCUT2D eigenvalue weighted by Gasteiger charge is -2.06. The van der Waals surface area contributed by atoms with E-state index in [0.717, 1.165) is 17.7 Å². The van der Waals surface area contributed by atoms with Crippen molar-refractivity contribution in [1.82, 2.24) is 10.3 Å². The van der Waals surface area contributed by atoms with Gasteiger partial charge in [0.15, 0.2) is 0 Å². The summed E-state index contributed by atoms with van der Waals surface area (Å²) in [5.41, 5.74) is 3.22. The molecule has 0 aliphatic rings. The van der Waals surface area contributed by atoms with Crippen LogP contribution in [0.5, 0.6) is 0 Å². The zero-order valence-electron chi connectivity index (χ0n) is 12.6. The summed E-state index contributed by atoms with van der Waals surface area (Å²) in [5, 5.41) is 4.92. The van der Waals surface area contributed by atoms with Gasteiger partial charge in [-0.25, -0.2) is 0 Å². The van der Waals surface area contributed by atoms with Gasteiger partial charge in [-0.1, -0.05) is 48.2 Å². The third-order valence-corrected chi connectivity index (χ3v) is 3.59. The average molecular weight is 300 g/mol. The van der Waals surface area contributed by atoms with E-state index in [1.54, 1.807) is 0 Å². The molecule has 0 aliphatic carbocycles. The van der Waals surface area contributed by atoms with Gasteiger partial charge in [0.25, 0.3) is 0 Å². The maximum Gasteiger partial charge on any atom is 0.207 e. The number of carbonyl (C=O) groups is 1. The molecule has 0 saturated heterocycles. The number of aromatic nitrogens is 1. The third kappa shape index (κ3) is 3.75. The van der Waals surface area contributed by atoms with Crippen molar-refractivity contribution in [3.8, 4) is 11.8 Å². The van der Waals surface area contributed by atoms with Gasteiger partial charge in [0.2, 0.25) is 6.41 Å². The van der Waals surface area contributed by atoms with Gasteiger partial charge in [0.1, 0.15) is 0 Å². The largest absolute Gasteiger partial charge is 0.348 e. The van der Waals surface area contributed by atoms with E-state index in [2.05, 4.69) is 46.4 Å². The van der Waals surface area contributed by atoms with Crippen LogP contribution in [0.3, 0.4) is 0 Å². The van der Waals surface area contributed by atoms with E-state index in [0.29, 0.717) is 13.0 Å². The Labute approximate surface area is 135 Å². The van der Waals surface area contributed by atoms with E-state index in [-0.39, 0.29) is 0 Å². The Kier molecular flexibility index (Phi) is 4.66. The van der Waals surface area contributed by atoms with E-state index in [1.807, 2.05) is 36.5 Å². The van der Waals surface area contributed by atoms with Crippen LogP contribution in [0.1, 0.15) is 16.8 Å². The Morgan fingerprint density at radius 1 is 1.04 bits per heavy atom. The van der Waals surface area contributed by atoms with Crippen molar-refractivity contribution in [3.05, 3.63) is 77.6 Å². The lowest BCUT2D eigenvalue weighted by atomic mass is 10.0. The number of nitrogens with zero attached hydrogens (tertiary/aromatic N) is 1. The van der Waals surface area contributed by atoms with E-state index >= 15 is 0 Å². The molecule has 0 saturated carbocycles. The summed E-state index contributed by atoms with van der Waals surface area (Å²) in [6, 6.07) is 18.5. The topological polar surface area (TPSA) is 42.0 Å². The molecule has 0 spiro atoms. The fourth-order valence-corrected chi connectivity index (χ4v) is 2.46. The molecule has 1 N–H and O–H groups in total. The van der Waals surface area contributed by atoms with Gasteiger partial charge in [-0.3, -0.25) is 9.78 Å². The molecule has 0 aliphatic heterocycles. The van der Waals surface area contributed by atoms with E-state index in [9.17, 15) is 4.79 Å². The molecule has 23 heavy (non-hydrogen) atoms. The van der Waals surface area contributed by atoms with Gasteiger partial charge in [-0.05, 0) is 29.1 Å². The zero-order chi connectivity index (χ0) is 15.9. The summed E-state index contributed by atoms with van der Waals surface area (Å²) >= 11 is 0. The van der Waals surface area contributed by atoms with Crippen LogP contribution in [0.4, 0.5) is 0 Å². The number of hydrogen-bond donors (Lipinski definition) is 1.